The van der Waals surface area contributed by atoms with Crippen LogP contribution in [0.25, 0.3) is 28.3 Å². The van der Waals surface area contributed by atoms with E-state index in [1.807, 2.05) is 4.90 Å². The molecular weight excluding hydrogens is 559 g/mol. The summed E-state index contributed by atoms with van der Waals surface area (Å²) >= 11 is 6.14. The van der Waals surface area contributed by atoms with E-state index in [0.717, 1.165) is 18.9 Å². The number of rotatable bonds is 7. The van der Waals surface area contributed by atoms with Gasteiger partial charge in [-0.15, -0.1) is 11.6 Å². The minimum atomic E-state index is -4.69. The smallest absolute Gasteiger partial charge is 0.420 e. The van der Waals surface area contributed by atoms with Gasteiger partial charge in [-0.3, -0.25) is 14.7 Å². The number of nitrogens with one attached hydrogen (secondary N) is 1. The summed E-state index contributed by atoms with van der Waals surface area (Å²) in [5.74, 6) is 0.0475. The van der Waals surface area contributed by atoms with Crippen LogP contribution in [0.1, 0.15) is 41.5 Å². The van der Waals surface area contributed by atoms with Crippen molar-refractivity contribution in [3.63, 3.8) is 0 Å². The van der Waals surface area contributed by atoms with Gasteiger partial charge in [0.2, 0.25) is 5.91 Å². The maximum Gasteiger partial charge on any atom is 0.420 e. The molecule has 5 rings (SSSR count). The fourth-order valence-electron chi connectivity index (χ4n) is 4.62. The van der Waals surface area contributed by atoms with E-state index in [-0.39, 0.29) is 34.2 Å². The van der Waals surface area contributed by atoms with Crippen LogP contribution >= 0.6 is 11.6 Å². The van der Waals surface area contributed by atoms with Crippen LogP contribution in [0.15, 0.2) is 65.4 Å². The number of aliphatic hydroxyl groups is 1. The van der Waals surface area contributed by atoms with Crippen molar-refractivity contribution in [3.8, 4) is 11.3 Å². The first-order chi connectivity index (χ1) is 19.6. The van der Waals surface area contributed by atoms with Crippen molar-refractivity contribution in [2.75, 3.05) is 18.8 Å². The molecule has 1 unspecified atom stereocenters. The largest absolute Gasteiger partial charge is 0.459 e. The van der Waals surface area contributed by atoms with Crippen LogP contribution in [-0.2, 0) is 17.5 Å². The predicted molar refractivity (Wildman–Crippen MR) is 149 cm³/mol. The van der Waals surface area contributed by atoms with Crippen LogP contribution in [0.3, 0.4) is 0 Å². The summed E-state index contributed by atoms with van der Waals surface area (Å²) in [4.78, 5) is 22.4. The second kappa shape index (κ2) is 11.9. The number of hydrogen-bond acceptors (Lipinski definition) is 7. The summed E-state index contributed by atoms with van der Waals surface area (Å²) in [5.41, 5.74) is 6.01. The van der Waals surface area contributed by atoms with Gasteiger partial charge in [0.05, 0.1) is 17.8 Å². The molecule has 4 heterocycles. The number of fused-ring (bicyclic) bond motifs is 1. The Labute approximate surface area is 238 Å². The van der Waals surface area contributed by atoms with Gasteiger partial charge in [0, 0.05) is 53.4 Å². The summed E-state index contributed by atoms with van der Waals surface area (Å²) in [6.45, 7) is 1.17. The summed E-state index contributed by atoms with van der Waals surface area (Å²) in [6.07, 6.45) is 1.75. The number of nitrogens with two attached hydrogens (primary N) is 1. The highest BCUT2D eigenvalue weighted by atomic mass is 35.5. The number of aliphatic hydroxyl groups excluding tert-OH is 1. The minimum absolute atomic E-state index is 0.0892. The number of amides is 1. The molecule has 4 aromatic rings. The Hall–Kier alpha value is -3.93. The van der Waals surface area contributed by atoms with E-state index >= 15 is 0 Å². The predicted octanol–water partition coefficient (Wildman–Crippen LogP) is 5.51. The average molecular weight is 586 g/mol. The van der Waals surface area contributed by atoms with Crippen molar-refractivity contribution in [2.24, 2.45) is 0 Å². The quantitative estimate of drug-likeness (QED) is 0.193. The van der Waals surface area contributed by atoms with Crippen LogP contribution in [0, 0.1) is 0 Å². The zero-order chi connectivity index (χ0) is 29.1. The first-order valence-electron chi connectivity index (χ1n) is 12.9. The van der Waals surface area contributed by atoms with Gasteiger partial charge in [0.25, 0.3) is 0 Å². The number of carbonyl (C=O) groups excluding carboxylic acids is 1. The highest BCUT2D eigenvalue weighted by Gasteiger charge is 2.35. The molecule has 214 valence electrons. The molecule has 0 bridgehead atoms. The number of nitrogen functional groups attached to an aromatic ring is 1. The van der Waals surface area contributed by atoms with Crippen LogP contribution < -0.4 is 11.1 Å². The molecule has 0 radical (unpaired) electrons. The highest BCUT2D eigenvalue weighted by Crippen LogP contribution is 2.39. The van der Waals surface area contributed by atoms with Gasteiger partial charge in [-0.2, -0.15) is 13.2 Å². The molecule has 1 atom stereocenters. The summed E-state index contributed by atoms with van der Waals surface area (Å²) in [7, 11) is 0. The van der Waals surface area contributed by atoms with Crippen molar-refractivity contribution in [1.29, 1.82) is 0 Å². The lowest BCUT2D eigenvalue weighted by molar-refractivity contribution is -0.136. The minimum Gasteiger partial charge on any atom is -0.459 e. The molecule has 0 spiro atoms. The zero-order valence-corrected chi connectivity index (χ0v) is 22.5. The molecule has 4 N–H and O–H groups in total. The Balaban J connectivity index is 1.33. The molecule has 0 aliphatic carbocycles. The van der Waals surface area contributed by atoms with E-state index in [1.54, 1.807) is 30.3 Å². The number of alkyl halides is 4. The lowest BCUT2D eigenvalue weighted by Crippen LogP contribution is -2.37. The van der Waals surface area contributed by atoms with Crippen molar-refractivity contribution in [3.05, 3.63) is 83.4 Å². The van der Waals surface area contributed by atoms with Gasteiger partial charge in [-0.05, 0) is 60.9 Å². The molecule has 41 heavy (non-hydrogen) atoms. The second-order valence-electron chi connectivity index (χ2n) is 9.78. The third kappa shape index (κ3) is 6.87. The third-order valence-corrected chi connectivity index (χ3v) is 7.27. The molecular formula is C29H27ClF3N5O3. The first kappa shape index (κ1) is 28.6. The maximum absolute atomic E-state index is 14.0. The molecule has 1 amide bonds. The Bertz CT molecular complexity index is 1550. The molecule has 1 saturated heterocycles. The van der Waals surface area contributed by atoms with E-state index in [4.69, 9.17) is 21.8 Å². The van der Waals surface area contributed by atoms with Crippen LogP contribution in [0.5, 0.6) is 0 Å². The van der Waals surface area contributed by atoms with E-state index < -0.39 is 23.9 Å². The monoisotopic (exact) mass is 585 g/mol. The van der Waals surface area contributed by atoms with Gasteiger partial charge in [-0.25, -0.2) is 4.98 Å². The zero-order valence-electron chi connectivity index (χ0n) is 21.7. The number of aromatic nitrogens is 2. The summed E-state index contributed by atoms with van der Waals surface area (Å²) < 4.78 is 47.5. The molecule has 12 heteroatoms. The Kier molecular flexibility index (Phi) is 8.30. The fraction of sp³-hybridized carbons (Fsp3) is 0.276. The number of likely N-dealkylation sites (tertiary alicyclic amines) is 1. The molecule has 1 aliphatic rings. The second-order valence-corrected chi connectivity index (χ2v) is 10.4. The van der Waals surface area contributed by atoms with Gasteiger partial charge in [0.1, 0.15) is 23.4 Å². The summed E-state index contributed by atoms with van der Waals surface area (Å²) in [5, 5.41) is 13.6. The fourth-order valence-corrected chi connectivity index (χ4v) is 4.82. The van der Waals surface area contributed by atoms with Gasteiger partial charge in [-0.1, -0.05) is 6.07 Å². The number of furan rings is 1. The number of carbonyl (C=O) groups is 1. The molecule has 1 fully saturated rings. The van der Waals surface area contributed by atoms with Gasteiger partial charge >= 0.3 is 6.18 Å². The molecule has 3 aromatic heterocycles. The first-order valence-corrected chi connectivity index (χ1v) is 13.3. The Morgan fingerprint density at radius 3 is 2.61 bits per heavy atom. The van der Waals surface area contributed by atoms with E-state index in [0.29, 0.717) is 35.7 Å². The SMILES string of the molecule is Nc1ccc(C=CC(=O)NCc2cc3cc(-c4ccc(C(O)N5CCC(Cl)CC5)cn4)cc(C(F)(F)F)c3o2)cn1. The lowest BCUT2D eigenvalue weighted by atomic mass is 10.0. The Morgan fingerprint density at radius 1 is 1.17 bits per heavy atom. The number of halogens is 4. The van der Waals surface area contributed by atoms with Crippen LogP contribution in [0.4, 0.5) is 19.0 Å². The standard InChI is InChI=1S/C29H27ClF3N5O3/c30-21-7-9-38(10-8-21)28(40)18-3-4-24(35-15-18)19-11-20-12-22(41-27(20)23(13-19)29(31,32)33)16-37-26(39)6-2-17-1-5-25(34)36-14-17/h1-6,11-15,21,28,40H,7-10,16H2,(H2,34,36)(H,37,39). The lowest BCUT2D eigenvalue weighted by Gasteiger charge is -2.33. The number of piperidine rings is 1. The van der Waals surface area contributed by atoms with Crippen molar-refractivity contribution in [1.82, 2.24) is 20.2 Å². The normalized spacial score (nSPS) is 15.9. The van der Waals surface area contributed by atoms with Crippen LogP contribution in [-0.4, -0.2) is 44.3 Å². The highest BCUT2D eigenvalue weighted by molar-refractivity contribution is 6.20. The van der Waals surface area contributed by atoms with Crippen LogP contribution in [0.2, 0.25) is 0 Å². The molecule has 0 saturated carbocycles. The van der Waals surface area contributed by atoms with Gasteiger partial charge < -0.3 is 20.6 Å². The van der Waals surface area contributed by atoms with E-state index in [9.17, 15) is 23.1 Å². The molecule has 1 aliphatic heterocycles. The average Bonchev–Trinajstić information content (AvgIpc) is 3.38. The number of pyridine rings is 2. The topological polar surface area (TPSA) is 118 Å². The van der Waals surface area contributed by atoms with Crippen molar-refractivity contribution < 1.29 is 27.5 Å². The Morgan fingerprint density at radius 2 is 1.95 bits per heavy atom. The van der Waals surface area contributed by atoms with E-state index in [1.165, 1.54) is 30.6 Å². The van der Waals surface area contributed by atoms with Gasteiger partial charge in [0.15, 0.2) is 0 Å². The number of benzene rings is 1. The molecule has 1 aromatic carbocycles. The molecule has 8 nitrogen and oxygen atoms in total. The number of anilines is 1. The summed E-state index contributed by atoms with van der Waals surface area (Å²) in [6, 6.07) is 10.5. The number of nitrogens with zero attached hydrogens (tertiary/aromatic N) is 3. The van der Waals surface area contributed by atoms with Crippen molar-refractivity contribution in [2.45, 2.75) is 37.2 Å². The van der Waals surface area contributed by atoms with Crippen molar-refractivity contribution >= 4 is 40.4 Å². The number of hydrogen-bond donors (Lipinski definition) is 3. The van der Waals surface area contributed by atoms with E-state index in [2.05, 4.69) is 15.3 Å². The third-order valence-electron chi connectivity index (χ3n) is 6.83. The maximum atomic E-state index is 14.0.